The fraction of sp³-hybridized carbons (Fsp3) is 0.400. The summed E-state index contributed by atoms with van der Waals surface area (Å²) < 4.78 is 0. The van der Waals surface area contributed by atoms with E-state index in [1.54, 1.807) is 12.1 Å². The van der Waals surface area contributed by atoms with Crippen molar-refractivity contribution < 1.29 is 5.11 Å². The summed E-state index contributed by atoms with van der Waals surface area (Å²) >= 11 is 0. The molecule has 0 aliphatic heterocycles. The van der Waals surface area contributed by atoms with Crippen LogP contribution in [0.3, 0.4) is 0 Å². The van der Waals surface area contributed by atoms with E-state index in [0.29, 0.717) is 5.69 Å². The molecule has 72 valence electrons. The number of aliphatic hydroxyl groups excluding tert-OH is 1. The number of likely N-dealkylation sites (N-methyl/N-ethyl adjacent to an activating group) is 1. The number of hydrogen-bond acceptors (Lipinski definition) is 3. The number of anilines is 1. The van der Waals surface area contributed by atoms with E-state index in [9.17, 15) is 5.11 Å². The van der Waals surface area contributed by atoms with E-state index in [0.717, 1.165) is 5.56 Å². The largest absolute Gasteiger partial charge is 0.399 e. The van der Waals surface area contributed by atoms with E-state index in [1.807, 2.05) is 26.1 Å². The molecule has 1 aromatic rings. The van der Waals surface area contributed by atoms with Gasteiger partial charge in [-0.1, -0.05) is 12.1 Å². The fourth-order valence-electron chi connectivity index (χ4n) is 1.14. The lowest BCUT2D eigenvalue weighted by molar-refractivity contribution is 0.140. The van der Waals surface area contributed by atoms with E-state index < -0.39 is 6.10 Å². The Morgan fingerprint density at radius 1 is 1.31 bits per heavy atom. The summed E-state index contributed by atoms with van der Waals surface area (Å²) in [5.41, 5.74) is 7.14. The molecule has 0 saturated carbocycles. The van der Waals surface area contributed by atoms with Crippen LogP contribution in [0.25, 0.3) is 0 Å². The average Bonchev–Trinajstić information content (AvgIpc) is 2.17. The maximum atomic E-state index is 9.78. The molecule has 2 atom stereocenters. The highest BCUT2D eigenvalue weighted by atomic mass is 16.3. The van der Waals surface area contributed by atoms with Crippen molar-refractivity contribution in [3.63, 3.8) is 0 Å². The second kappa shape index (κ2) is 4.25. The molecule has 0 aliphatic rings. The Morgan fingerprint density at radius 2 is 1.85 bits per heavy atom. The van der Waals surface area contributed by atoms with Gasteiger partial charge < -0.3 is 16.2 Å². The van der Waals surface area contributed by atoms with Crippen molar-refractivity contribution in [2.24, 2.45) is 0 Å². The van der Waals surface area contributed by atoms with Gasteiger partial charge in [0, 0.05) is 11.7 Å². The Morgan fingerprint density at radius 3 is 2.31 bits per heavy atom. The zero-order valence-electron chi connectivity index (χ0n) is 7.99. The van der Waals surface area contributed by atoms with Crippen molar-refractivity contribution >= 4 is 5.69 Å². The molecule has 0 aromatic heterocycles. The van der Waals surface area contributed by atoms with E-state index in [1.165, 1.54) is 0 Å². The molecule has 1 aromatic carbocycles. The van der Waals surface area contributed by atoms with Crippen LogP contribution in [-0.2, 0) is 0 Å². The van der Waals surface area contributed by atoms with Gasteiger partial charge in [0.05, 0.1) is 6.10 Å². The van der Waals surface area contributed by atoms with Crippen molar-refractivity contribution in [1.82, 2.24) is 5.32 Å². The van der Waals surface area contributed by atoms with Crippen molar-refractivity contribution in [2.45, 2.75) is 19.1 Å². The molecule has 0 unspecified atom stereocenters. The third-order valence-corrected chi connectivity index (χ3v) is 2.21. The molecule has 0 amide bonds. The van der Waals surface area contributed by atoms with Gasteiger partial charge in [-0.3, -0.25) is 0 Å². The summed E-state index contributed by atoms with van der Waals surface area (Å²) in [6.45, 7) is 1.93. The molecule has 3 heteroatoms. The minimum atomic E-state index is -0.481. The SMILES string of the molecule is CN[C@@H](C)[C@@H](O)c1ccc(N)cc1. The zero-order valence-corrected chi connectivity index (χ0v) is 7.99. The van der Waals surface area contributed by atoms with E-state index in [2.05, 4.69) is 5.32 Å². The standard InChI is InChI=1S/C10H16N2O/c1-7(12-2)10(13)8-3-5-9(11)6-4-8/h3-7,10,12-13H,11H2,1-2H3/t7-,10+/m0/s1. The van der Waals surface area contributed by atoms with E-state index in [4.69, 9.17) is 5.73 Å². The third kappa shape index (κ3) is 2.44. The minimum absolute atomic E-state index is 0.0450. The second-order valence-corrected chi connectivity index (χ2v) is 3.19. The Bertz CT molecular complexity index is 258. The Hall–Kier alpha value is -1.06. The average molecular weight is 180 g/mol. The Kier molecular flexibility index (Phi) is 3.28. The lowest BCUT2D eigenvalue weighted by atomic mass is 10.0. The molecule has 0 aliphatic carbocycles. The molecule has 0 spiro atoms. The summed E-state index contributed by atoms with van der Waals surface area (Å²) in [5, 5.41) is 12.8. The van der Waals surface area contributed by atoms with Gasteiger partial charge >= 0.3 is 0 Å². The first-order valence-corrected chi connectivity index (χ1v) is 4.36. The highest BCUT2D eigenvalue weighted by Gasteiger charge is 2.13. The van der Waals surface area contributed by atoms with Crippen LogP contribution in [0, 0.1) is 0 Å². The predicted molar refractivity (Wildman–Crippen MR) is 54.3 cm³/mol. The molecule has 0 fully saturated rings. The molecule has 0 saturated heterocycles. The van der Waals surface area contributed by atoms with E-state index >= 15 is 0 Å². The normalized spacial score (nSPS) is 15.3. The van der Waals surface area contributed by atoms with Crippen LogP contribution in [0.5, 0.6) is 0 Å². The molecule has 4 N–H and O–H groups in total. The van der Waals surface area contributed by atoms with E-state index in [-0.39, 0.29) is 6.04 Å². The molecular weight excluding hydrogens is 164 g/mol. The minimum Gasteiger partial charge on any atom is -0.399 e. The van der Waals surface area contributed by atoms with Crippen LogP contribution < -0.4 is 11.1 Å². The topological polar surface area (TPSA) is 58.3 Å². The van der Waals surface area contributed by atoms with Crippen LogP contribution in [0.2, 0.25) is 0 Å². The lowest BCUT2D eigenvalue weighted by Crippen LogP contribution is -2.28. The van der Waals surface area contributed by atoms with Crippen molar-refractivity contribution in [3.05, 3.63) is 29.8 Å². The maximum absolute atomic E-state index is 9.78. The predicted octanol–water partition coefficient (Wildman–Crippen LogP) is 0.910. The number of hydrogen-bond donors (Lipinski definition) is 3. The number of benzene rings is 1. The van der Waals surface area contributed by atoms with Crippen LogP contribution in [0.1, 0.15) is 18.6 Å². The number of rotatable bonds is 3. The van der Waals surface area contributed by atoms with Crippen LogP contribution in [-0.4, -0.2) is 18.2 Å². The van der Waals surface area contributed by atoms with Gasteiger partial charge in [0.15, 0.2) is 0 Å². The van der Waals surface area contributed by atoms with Gasteiger partial charge in [0.2, 0.25) is 0 Å². The first kappa shape index (κ1) is 10.0. The van der Waals surface area contributed by atoms with Crippen LogP contribution >= 0.6 is 0 Å². The lowest BCUT2D eigenvalue weighted by Gasteiger charge is -2.18. The highest BCUT2D eigenvalue weighted by molar-refractivity contribution is 5.40. The summed E-state index contributed by atoms with van der Waals surface area (Å²) in [6.07, 6.45) is -0.481. The van der Waals surface area contributed by atoms with Gasteiger partial charge in [-0.2, -0.15) is 0 Å². The van der Waals surface area contributed by atoms with Crippen molar-refractivity contribution in [1.29, 1.82) is 0 Å². The van der Waals surface area contributed by atoms with Crippen LogP contribution in [0.4, 0.5) is 5.69 Å². The van der Waals surface area contributed by atoms with Crippen molar-refractivity contribution in [3.8, 4) is 0 Å². The molecule has 0 radical (unpaired) electrons. The molecule has 0 heterocycles. The smallest absolute Gasteiger partial charge is 0.0940 e. The number of nitrogen functional groups attached to an aromatic ring is 1. The van der Waals surface area contributed by atoms with Gasteiger partial charge in [-0.25, -0.2) is 0 Å². The molecular formula is C10H16N2O. The van der Waals surface area contributed by atoms with Gasteiger partial charge in [-0.05, 0) is 31.7 Å². The number of aliphatic hydroxyl groups is 1. The molecule has 13 heavy (non-hydrogen) atoms. The van der Waals surface area contributed by atoms with Gasteiger partial charge in [-0.15, -0.1) is 0 Å². The zero-order chi connectivity index (χ0) is 9.84. The van der Waals surface area contributed by atoms with Gasteiger partial charge in [0.25, 0.3) is 0 Å². The second-order valence-electron chi connectivity index (χ2n) is 3.19. The molecule has 0 bridgehead atoms. The fourth-order valence-corrected chi connectivity index (χ4v) is 1.14. The highest BCUT2D eigenvalue weighted by Crippen LogP contribution is 2.17. The number of nitrogens with one attached hydrogen (secondary N) is 1. The van der Waals surface area contributed by atoms with Crippen molar-refractivity contribution in [2.75, 3.05) is 12.8 Å². The summed E-state index contributed by atoms with van der Waals surface area (Å²) in [5.74, 6) is 0. The summed E-state index contributed by atoms with van der Waals surface area (Å²) in [6, 6.07) is 7.31. The Balaban J connectivity index is 2.77. The Labute approximate surface area is 78.6 Å². The molecule has 1 rings (SSSR count). The number of nitrogens with two attached hydrogens (primary N) is 1. The molecule has 3 nitrogen and oxygen atoms in total. The van der Waals surface area contributed by atoms with Gasteiger partial charge in [0.1, 0.15) is 0 Å². The quantitative estimate of drug-likeness (QED) is 0.606. The first-order chi connectivity index (χ1) is 6.15. The first-order valence-electron chi connectivity index (χ1n) is 4.36. The van der Waals surface area contributed by atoms with Crippen LogP contribution in [0.15, 0.2) is 24.3 Å². The maximum Gasteiger partial charge on any atom is 0.0940 e. The third-order valence-electron chi connectivity index (χ3n) is 2.21. The summed E-state index contributed by atoms with van der Waals surface area (Å²) in [7, 11) is 1.82. The summed E-state index contributed by atoms with van der Waals surface area (Å²) in [4.78, 5) is 0. The monoisotopic (exact) mass is 180 g/mol.